The molecule has 48 heavy (non-hydrogen) atoms. The van der Waals surface area contributed by atoms with Gasteiger partial charge in [0.2, 0.25) is 11.9 Å². The molecule has 0 spiro atoms. The molecule has 0 aliphatic carbocycles. The van der Waals surface area contributed by atoms with Gasteiger partial charge in [-0.25, -0.2) is 9.97 Å². The number of aromatic nitrogens is 6. The van der Waals surface area contributed by atoms with E-state index in [4.69, 9.17) is 20.9 Å². The molecule has 6 aromatic rings. The van der Waals surface area contributed by atoms with E-state index in [0.29, 0.717) is 22.5 Å². The lowest BCUT2D eigenvalue weighted by Gasteiger charge is -2.11. The van der Waals surface area contributed by atoms with E-state index in [1.165, 1.54) is 24.3 Å². The predicted molar refractivity (Wildman–Crippen MR) is 162 cm³/mol. The Morgan fingerprint density at radius 2 is 0.833 bits per heavy atom. The summed E-state index contributed by atoms with van der Waals surface area (Å²) < 4.78 is 87.7. The van der Waals surface area contributed by atoms with Crippen molar-refractivity contribution in [3.05, 3.63) is 120 Å². The maximum Gasteiger partial charge on any atom is 0.416 e. The number of nitrogens with zero attached hydrogens (tertiary/aromatic N) is 6. The van der Waals surface area contributed by atoms with Crippen molar-refractivity contribution in [2.45, 2.75) is 12.4 Å². The monoisotopic (exact) mass is 664 g/mol. The third-order valence-corrected chi connectivity index (χ3v) is 6.19. The smallest absolute Gasteiger partial charge is 0.416 e. The quantitative estimate of drug-likeness (QED) is 0.169. The molecule has 0 bridgehead atoms. The van der Waals surface area contributed by atoms with Crippen molar-refractivity contribution < 1.29 is 35.8 Å². The molecule has 6 rings (SSSR count). The summed E-state index contributed by atoms with van der Waals surface area (Å²) in [5.41, 5.74) is 11.3. The highest BCUT2D eigenvalue weighted by Gasteiger charge is 2.31. The van der Waals surface area contributed by atoms with Gasteiger partial charge in [-0.2, -0.15) is 26.3 Å². The van der Waals surface area contributed by atoms with Crippen LogP contribution in [0.25, 0.3) is 22.5 Å². The van der Waals surface area contributed by atoms with Crippen LogP contribution in [-0.2, 0) is 12.4 Å². The number of hydrogen-bond donors (Lipinski definition) is 2. The highest BCUT2D eigenvalue weighted by Crippen LogP contribution is 2.36. The maximum atomic E-state index is 12.8. The molecule has 0 radical (unpaired) electrons. The van der Waals surface area contributed by atoms with Gasteiger partial charge < -0.3 is 20.9 Å². The highest BCUT2D eigenvalue weighted by molar-refractivity contribution is 5.66. The lowest BCUT2D eigenvalue weighted by molar-refractivity contribution is -0.138. The highest BCUT2D eigenvalue weighted by atomic mass is 19.4. The molecule has 4 N–H and O–H groups in total. The third kappa shape index (κ3) is 8.48. The van der Waals surface area contributed by atoms with Gasteiger partial charge in [-0.1, -0.05) is 72.8 Å². The molecule has 0 atom stereocenters. The van der Waals surface area contributed by atoms with Gasteiger partial charge in [0.15, 0.2) is 0 Å². The summed E-state index contributed by atoms with van der Waals surface area (Å²) in [6.07, 6.45) is -8.93. The molecule has 244 valence electrons. The average Bonchev–Trinajstić information content (AvgIpc) is 3.07. The lowest BCUT2D eigenvalue weighted by atomic mass is 10.1. The molecule has 4 aromatic carbocycles. The average molecular weight is 665 g/mol. The van der Waals surface area contributed by atoms with Crippen LogP contribution in [0, 0.1) is 0 Å². The van der Waals surface area contributed by atoms with Crippen molar-refractivity contribution in [2.24, 2.45) is 0 Å². The minimum absolute atomic E-state index is 0.0251. The van der Waals surface area contributed by atoms with Crippen molar-refractivity contribution in [1.82, 2.24) is 30.4 Å². The molecule has 0 fully saturated rings. The molecule has 16 heteroatoms. The number of anilines is 2. The summed E-state index contributed by atoms with van der Waals surface area (Å²) in [7, 11) is 0. The summed E-state index contributed by atoms with van der Waals surface area (Å²) >= 11 is 0. The second kappa shape index (κ2) is 14.0. The van der Waals surface area contributed by atoms with Crippen LogP contribution in [0.4, 0.5) is 38.2 Å². The summed E-state index contributed by atoms with van der Waals surface area (Å²) in [6, 6.07) is 26.7. The second-order valence-corrected chi connectivity index (χ2v) is 9.63. The minimum Gasteiger partial charge on any atom is -0.436 e. The van der Waals surface area contributed by atoms with E-state index in [1.807, 2.05) is 12.1 Å². The van der Waals surface area contributed by atoms with Crippen LogP contribution in [0.15, 0.2) is 109 Å². The Bertz CT molecular complexity index is 1850. The number of hydrogen-bond acceptors (Lipinski definition) is 10. The summed E-state index contributed by atoms with van der Waals surface area (Å²) in [4.78, 5) is 8.14. The Morgan fingerprint density at radius 3 is 1.19 bits per heavy atom. The van der Waals surface area contributed by atoms with Gasteiger partial charge in [-0.3, -0.25) is 0 Å². The van der Waals surface area contributed by atoms with Crippen molar-refractivity contribution in [3.63, 3.8) is 0 Å². The Kier molecular flexibility index (Phi) is 9.63. The van der Waals surface area contributed by atoms with Gasteiger partial charge in [-0.15, -0.1) is 20.4 Å². The molecular weight excluding hydrogens is 642 g/mol. The first-order valence-electron chi connectivity index (χ1n) is 13.7. The van der Waals surface area contributed by atoms with Gasteiger partial charge in [0.25, 0.3) is 11.8 Å². The van der Waals surface area contributed by atoms with Crippen molar-refractivity contribution in [2.75, 3.05) is 11.5 Å². The van der Waals surface area contributed by atoms with E-state index in [0.717, 1.165) is 24.3 Å². The Labute approximate surface area is 268 Å². The molecular formula is C32H22F6N8O2. The first-order chi connectivity index (χ1) is 22.9. The zero-order chi connectivity index (χ0) is 34.3. The zero-order valence-corrected chi connectivity index (χ0v) is 24.3. The number of rotatable bonds is 6. The first kappa shape index (κ1) is 33.1. The Hall–Kier alpha value is -6.32. The number of alkyl halides is 6. The van der Waals surface area contributed by atoms with Gasteiger partial charge in [0, 0.05) is 11.1 Å². The molecule has 0 amide bonds. The number of nitrogen functional groups attached to an aromatic ring is 2. The number of nitrogens with two attached hydrogens (primary N) is 2. The fraction of sp³-hybridized carbons (Fsp3) is 0.0625. The van der Waals surface area contributed by atoms with Crippen LogP contribution in [0.3, 0.4) is 0 Å². The van der Waals surface area contributed by atoms with E-state index in [-0.39, 0.29) is 35.2 Å². The van der Waals surface area contributed by atoms with Gasteiger partial charge >= 0.3 is 12.4 Å². The van der Waals surface area contributed by atoms with Crippen LogP contribution in [0.1, 0.15) is 11.1 Å². The fourth-order valence-electron chi connectivity index (χ4n) is 4.06. The van der Waals surface area contributed by atoms with Crippen LogP contribution < -0.4 is 20.9 Å². The topological polar surface area (TPSA) is 148 Å². The normalized spacial score (nSPS) is 11.3. The Morgan fingerprint density at radius 1 is 0.458 bits per heavy atom. The van der Waals surface area contributed by atoms with Gasteiger partial charge in [0.1, 0.15) is 22.9 Å². The van der Waals surface area contributed by atoms with Crippen LogP contribution in [0.2, 0.25) is 0 Å². The first-order valence-corrected chi connectivity index (χ1v) is 13.7. The molecule has 2 heterocycles. The number of ether oxygens (including phenoxy) is 2. The van der Waals surface area contributed by atoms with Gasteiger partial charge in [0.05, 0.1) is 11.1 Å². The standard InChI is InChI=1S/2C16H11F3N4O/c2*17-16(18,19)11-7-4-8-12(9-11)24-14-13(21-15(20)23-22-14)10-5-2-1-3-6-10/h2*1-9H,(H2,20,21,23). The summed E-state index contributed by atoms with van der Waals surface area (Å²) in [5.74, 6) is -0.245. The van der Waals surface area contributed by atoms with Gasteiger partial charge in [-0.05, 0) is 36.4 Å². The minimum atomic E-state index is -4.47. The summed E-state index contributed by atoms with van der Waals surface area (Å²) in [5, 5.41) is 14.8. The fourth-order valence-corrected chi connectivity index (χ4v) is 4.06. The lowest BCUT2D eigenvalue weighted by Crippen LogP contribution is -2.05. The SMILES string of the molecule is Nc1nnc(Oc2cccc(C(F)(F)F)c2)c(-c2ccccc2)n1.Nc1nnc(Oc2cccc(C(F)(F)F)c2)c(-c2ccccc2)n1. The van der Waals surface area contributed by atoms with Crippen molar-refractivity contribution >= 4 is 11.9 Å². The van der Waals surface area contributed by atoms with E-state index < -0.39 is 23.5 Å². The molecule has 0 saturated carbocycles. The zero-order valence-electron chi connectivity index (χ0n) is 24.3. The van der Waals surface area contributed by atoms with Crippen LogP contribution >= 0.6 is 0 Å². The van der Waals surface area contributed by atoms with E-state index in [1.54, 1.807) is 48.5 Å². The van der Waals surface area contributed by atoms with E-state index in [2.05, 4.69) is 30.4 Å². The largest absolute Gasteiger partial charge is 0.436 e. The third-order valence-electron chi connectivity index (χ3n) is 6.19. The molecule has 0 aliphatic rings. The van der Waals surface area contributed by atoms with Crippen molar-refractivity contribution in [1.29, 1.82) is 0 Å². The molecule has 10 nitrogen and oxygen atoms in total. The van der Waals surface area contributed by atoms with E-state index >= 15 is 0 Å². The molecule has 0 saturated heterocycles. The van der Waals surface area contributed by atoms with Crippen molar-refractivity contribution in [3.8, 4) is 45.8 Å². The predicted octanol–water partition coefficient (Wildman–Crippen LogP) is 7.86. The van der Waals surface area contributed by atoms with Crippen LogP contribution in [-0.4, -0.2) is 30.4 Å². The molecule has 0 unspecified atom stereocenters. The van der Waals surface area contributed by atoms with Crippen LogP contribution in [0.5, 0.6) is 23.3 Å². The Balaban J connectivity index is 0.000000188. The molecule has 0 aliphatic heterocycles. The maximum absolute atomic E-state index is 12.8. The van der Waals surface area contributed by atoms with E-state index in [9.17, 15) is 26.3 Å². The summed E-state index contributed by atoms with van der Waals surface area (Å²) in [6.45, 7) is 0. The number of benzene rings is 4. The second-order valence-electron chi connectivity index (χ2n) is 9.63. The molecule has 2 aromatic heterocycles. The number of halogens is 6.